The molecule has 1 amide bonds. The predicted molar refractivity (Wildman–Crippen MR) is 108 cm³/mol. The summed E-state index contributed by atoms with van der Waals surface area (Å²) in [4.78, 5) is 16.0. The summed E-state index contributed by atoms with van der Waals surface area (Å²) in [5.74, 6) is 1.13. The molecule has 6 nitrogen and oxygen atoms in total. The van der Waals surface area contributed by atoms with Crippen molar-refractivity contribution in [3.63, 3.8) is 0 Å². The van der Waals surface area contributed by atoms with Crippen LogP contribution < -0.4 is 10.1 Å². The third-order valence-corrected chi connectivity index (χ3v) is 4.79. The fraction of sp³-hybridized carbons (Fsp3) is 0.182. The second kappa shape index (κ2) is 7.60. The maximum Gasteiger partial charge on any atom is 0.257 e. The van der Waals surface area contributed by atoms with Crippen LogP contribution in [0.5, 0.6) is 5.75 Å². The maximum atomic E-state index is 12.8. The molecule has 28 heavy (non-hydrogen) atoms. The Bertz CT molecular complexity index is 1110. The first-order chi connectivity index (χ1) is 13.7. The minimum absolute atomic E-state index is 0.185. The molecule has 0 fully saturated rings. The Morgan fingerprint density at radius 2 is 2.04 bits per heavy atom. The molecule has 0 bridgehead atoms. The molecule has 0 aliphatic rings. The fourth-order valence-electron chi connectivity index (χ4n) is 3.32. The lowest BCUT2D eigenvalue weighted by atomic mass is 10.1. The SMILES string of the molecule is COc1ccc2[nH]cc(CCNC(=O)c3c(-c4ccccc4)noc3C)c2c1. The third kappa shape index (κ3) is 3.36. The maximum absolute atomic E-state index is 12.8. The highest BCUT2D eigenvalue weighted by atomic mass is 16.5. The molecule has 0 saturated heterocycles. The van der Waals surface area contributed by atoms with E-state index in [1.54, 1.807) is 14.0 Å². The van der Waals surface area contributed by atoms with E-state index in [0.29, 0.717) is 30.0 Å². The van der Waals surface area contributed by atoms with Crippen molar-refractivity contribution in [2.75, 3.05) is 13.7 Å². The number of nitrogens with zero attached hydrogens (tertiary/aromatic N) is 1. The molecule has 2 heterocycles. The minimum atomic E-state index is -0.185. The van der Waals surface area contributed by atoms with E-state index < -0.39 is 0 Å². The summed E-state index contributed by atoms with van der Waals surface area (Å²) < 4.78 is 10.6. The van der Waals surface area contributed by atoms with E-state index in [-0.39, 0.29) is 5.91 Å². The summed E-state index contributed by atoms with van der Waals surface area (Å²) in [6.07, 6.45) is 2.67. The number of aryl methyl sites for hydroxylation is 1. The molecule has 2 aromatic heterocycles. The molecule has 142 valence electrons. The molecule has 0 spiro atoms. The lowest BCUT2D eigenvalue weighted by molar-refractivity contribution is 0.0953. The Kier molecular flexibility index (Phi) is 4.85. The average molecular weight is 375 g/mol. The zero-order valence-electron chi connectivity index (χ0n) is 15.8. The zero-order valence-corrected chi connectivity index (χ0v) is 15.8. The standard InChI is InChI=1S/C22H21N3O3/c1-14-20(21(25-28-14)15-6-4-3-5-7-15)22(26)23-11-10-16-13-24-19-9-8-17(27-2)12-18(16)19/h3-9,12-13,24H,10-11H2,1-2H3,(H,23,26). The van der Waals surface area contributed by atoms with Gasteiger partial charge in [-0.3, -0.25) is 4.79 Å². The van der Waals surface area contributed by atoms with Crippen molar-refractivity contribution in [2.24, 2.45) is 0 Å². The van der Waals surface area contributed by atoms with Crippen LogP contribution in [0.4, 0.5) is 0 Å². The number of methoxy groups -OCH3 is 1. The molecule has 2 aromatic carbocycles. The molecule has 0 saturated carbocycles. The number of aromatic nitrogens is 2. The minimum Gasteiger partial charge on any atom is -0.497 e. The molecule has 4 rings (SSSR count). The van der Waals surface area contributed by atoms with Gasteiger partial charge in [0, 0.05) is 29.2 Å². The van der Waals surface area contributed by atoms with Gasteiger partial charge in [0.2, 0.25) is 0 Å². The molecule has 0 aliphatic carbocycles. The number of rotatable bonds is 6. The van der Waals surface area contributed by atoms with E-state index in [1.807, 2.05) is 54.7 Å². The summed E-state index contributed by atoms with van der Waals surface area (Å²) in [5.41, 5.74) is 4.07. The van der Waals surface area contributed by atoms with Crippen LogP contribution in [0.1, 0.15) is 21.7 Å². The number of nitrogens with one attached hydrogen (secondary N) is 2. The molecule has 0 radical (unpaired) electrons. The van der Waals surface area contributed by atoms with E-state index in [4.69, 9.17) is 9.26 Å². The summed E-state index contributed by atoms with van der Waals surface area (Å²) in [6, 6.07) is 15.5. The van der Waals surface area contributed by atoms with Gasteiger partial charge in [0.15, 0.2) is 0 Å². The van der Waals surface area contributed by atoms with Crippen LogP contribution >= 0.6 is 0 Å². The first-order valence-electron chi connectivity index (χ1n) is 9.11. The highest BCUT2D eigenvalue weighted by molar-refractivity contribution is 6.00. The van der Waals surface area contributed by atoms with Gasteiger partial charge in [-0.1, -0.05) is 35.5 Å². The number of H-pyrrole nitrogens is 1. The van der Waals surface area contributed by atoms with E-state index in [2.05, 4.69) is 15.5 Å². The second-order valence-corrected chi connectivity index (χ2v) is 6.56. The lowest BCUT2D eigenvalue weighted by Crippen LogP contribution is -2.26. The molecule has 4 aromatic rings. The second-order valence-electron chi connectivity index (χ2n) is 6.56. The van der Waals surface area contributed by atoms with Crippen LogP contribution in [0.15, 0.2) is 59.3 Å². The highest BCUT2D eigenvalue weighted by Gasteiger charge is 2.21. The number of benzene rings is 2. The summed E-state index contributed by atoms with van der Waals surface area (Å²) >= 11 is 0. The van der Waals surface area contributed by atoms with Gasteiger partial charge >= 0.3 is 0 Å². The van der Waals surface area contributed by atoms with Gasteiger partial charge in [0.05, 0.1) is 7.11 Å². The van der Waals surface area contributed by atoms with Crippen molar-refractivity contribution < 1.29 is 14.1 Å². The molecule has 2 N–H and O–H groups in total. The Labute approximate surface area is 162 Å². The number of carbonyl (C=O) groups excluding carboxylic acids is 1. The third-order valence-electron chi connectivity index (χ3n) is 4.79. The Morgan fingerprint density at radius 1 is 1.21 bits per heavy atom. The highest BCUT2D eigenvalue weighted by Crippen LogP contribution is 2.26. The van der Waals surface area contributed by atoms with Crippen molar-refractivity contribution in [2.45, 2.75) is 13.3 Å². The monoisotopic (exact) mass is 375 g/mol. The van der Waals surface area contributed by atoms with E-state index in [9.17, 15) is 4.79 Å². The van der Waals surface area contributed by atoms with Gasteiger partial charge in [0.25, 0.3) is 5.91 Å². The number of amides is 1. The summed E-state index contributed by atoms with van der Waals surface area (Å²) in [7, 11) is 1.65. The van der Waals surface area contributed by atoms with Gasteiger partial charge in [0.1, 0.15) is 22.8 Å². The quantitative estimate of drug-likeness (QED) is 0.531. The first-order valence-corrected chi connectivity index (χ1v) is 9.11. The number of ether oxygens (including phenoxy) is 1. The lowest BCUT2D eigenvalue weighted by Gasteiger charge is -2.06. The number of aromatic amines is 1. The first kappa shape index (κ1) is 17.9. The molecule has 0 atom stereocenters. The van der Waals surface area contributed by atoms with Gasteiger partial charge in [-0.2, -0.15) is 0 Å². The van der Waals surface area contributed by atoms with Gasteiger partial charge < -0.3 is 19.6 Å². The Morgan fingerprint density at radius 3 is 2.82 bits per heavy atom. The van der Waals surface area contributed by atoms with Crippen LogP contribution in [0, 0.1) is 6.92 Å². The summed E-state index contributed by atoms with van der Waals surface area (Å²) in [5, 5.41) is 8.15. The van der Waals surface area contributed by atoms with Crippen molar-refractivity contribution in [1.29, 1.82) is 0 Å². The largest absolute Gasteiger partial charge is 0.497 e. The van der Waals surface area contributed by atoms with E-state index in [0.717, 1.165) is 27.8 Å². The Hall–Kier alpha value is -3.54. The van der Waals surface area contributed by atoms with Crippen molar-refractivity contribution in [1.82, 2.24) is 15.5 Å². The van der Waals surface area contributed by atoms with Crippen LogP contribution in [-0.2, 0) is 6.42 Å². The van der Waals surface area contributed by atoms with Crippen molar-refractivity contribution in [3.8, 4) is 17.0 Å². The zero-order chi connectivity index (χ0) is 19.5. The number of carbonyl (C=O) groups is 1. The van der Waals surface area contributed by atoms with Crippen LogP contribution in [-0.4, -0.2) is 29.7 Å². The van der Waals surface area contributed by atoms with Gasteiger partial charge in [-0.15, -0.1) is 0 Å². The van der Waals surface area contributed by atoms with Gasteiger partial charge in [-0.25, -0.2) is 0 Å². The van der Waals surface area contributed by atoms with Gasteiger partial charge in [-0.05, 0) is 37.1 Å². The van der Waals surface area contributed by atoms with Crippen molar-refractivity contribution >= 4 is 16.8 Å². The molecule has 0 aliphatic heterocycles. The van der Waals surface area contributed by atoms with Crippen LogP contribution in [0.3, 0.4) is 0 Å². The van der Waals surface area contributed by atoms with Crippen molar-refractivity contribution in [3.05, 3.63) is 71.6 Å². The molecule has 0 unspecified atom stereocenters. The van der Waals surface area contributed by atoms with E-state index in [1.165, 1.54) is 0 Å². The van der Waals surface area contributed by atoms with E-state index >= 15 is 0 Å². The summed E-state index contributed by atoms with van der Waals surface area (Å²) in [6.45, 7) is 2.25. The topological polar surface area (TPSA) is 80.1 Å². The molecule has 6 heteroatoms. The molecular weight excluding hydrogens is 354 g/mol. The Balaban J connectivity index is 1.48. The normalized spacial score (nSPS) is 10.9. The smallest absolute Gasteiger partial charge is 0.257 e. The fourth-order valence-corrected chi connectivity index (χ4v) is 3.32. The number of hydrogen-bond donors (Lipinski definition) is 2. The van der Waals surface area contributed by atoms with Crippen LogP contribution in [0.25, 0.3) is 22.2 Å². The average Bonchev–Trinajstić information content (AvgIpc) is 3.31. The number of hydrogen-bond acceptors (Lipinski definition) is 4. The number of fused-ring (bicyclic) bond motifs is 1. The van der Waals surface area contributed by atoms with Crippen LogP contribution in [0.2, 0.25) is 0 Å². The predicted octanol–water partition coefficient (Wildman–Crippen LogP) is 4.11. The molecular formula is C22H21N3O3.